The second kappa shape index (κ2) is 6.59. The second-order valence-corrected chi connectivity index (χ2v) is 6.48. The number of nitrogens with zero attached hydrogens (tertiary/aromatic N) is 6. The van der Waals surface area contributed by atoms with Gasteiger partial charge in [-0.1, -0.05) is 20.8 Å². The summed E-state index contributed by atoms with van der Waals surface area (Å²) < 4.78 is 3.81. The summed E-state index contributed by atoms with van der Waals surface area (Å²) in [5, 5.41) is 12.4. The Labute approximate surface area is 142 Å². The summed E-state index contributed by atoms with van der Waals surface area (Å²) in [7, 11) is 0. The van der Waals surface area contributed by atoms with Gasteiger partial charge in [0.2, 0.25) is 0 Å². The molecule has 3 heterocycles. The van der Waals surface area contributed by atoms with Crippen LogP contribution in [0, 0.1) is 6.92 Å². The average molecular weight is 327 g/mol. The van der Waals surface area contributed by atoms with Gasteiger partial charge in [0.1, 0.15) is 18.0 Å². The fourth-order valence-corrected chi connectivity index (χ4v) is 2.79. The molecule has 24 heavy (non-hydrogen) atoms. The summed E-state index contributed by atoms with van der Waals surface area (Å²) in [5.74, 6) is 2.21. The first-order chi connectivity index (χ1) is 11.5. The summed E-state index contributed by atoms with van der Waals surface area (Å²) in [6, 6.07) is 4.09. The van der Waals surface area contributed by atoms with Crippen molar-refractivity contribution in [3.05, 3.63) is 35.7 Å². The summed E-state index contributed by atoms with van der Waals surface area (Å²) in [4.78, 5) is 9.12. The van der Waals surface area contributed by atoms with E-state index in [2.05, 4.69) is 54.3 Å². The van der Waals surface area contributed by atoms with Crippen LogP contribution in [-0.2, 0) is 6.54 Å². The van der Waals surface area contributed by atoms with Crippen molar-refractivity contribution in [3.8, 4) is 0 Å². The zero-order valence-corrected chi connectivity index (χ0v) is 15.0. The molecule has 0 bridgehead atoms. The molecule has 0 spiro atoms. The van der Waals surface area contributed by atoms with Crippen molar-refractivity contribution in [2.24, 2.45) is 0 Å². The molecule has 7 heteroatoms. The number of nitrogens with one attached hydrogen (secondary N) is 1. The van der Waals surface area contributed by atoms with E-state index in [4.69, 9.17) is 4.98 Å². The molecule has 0 aliphatic rings. The van der Waals surface area contributed by atoms with Gasteiger partial charge in [-0.15, -0.1) is 0 Å². The first-order valence-corrected chi connectivity index (χ1v) is 8.51. The SMILES string of the molecule is CCCn1ncnc1[C@H](C)Nc1cc(C(C)C)nc2cc(C)nn12. The number of aryl methyl sites for hydroxylation is 2. The average Bonchev–Trinajstić information content (AvgIpc) is 3.13. The van der Waals surface area contributed by atoms with E-state index in [0.717, 1.165) is 41.6 Å². The van der Waals surface area contributed by atoms with Gasteiger partial charge in [-0.2, -0.15) is 14.7 Å². The van der Waals surface area contributed by atoms with E-state index >= 15 is 0 Å². The van der Waals surface area contributed by atoms with Gasteiger partial charge in [0.15, 0.2) is 5.65 Å². The van der Waals surface area contributed by atoms with Crippen LogP contribution in [0.15, 0.2) is 18.5 Å². The Balaban J connectivity index is 1.97. The van der Waals surface area contributed by atoms with Gasteiger partial charge in [0.25, 0.3) is 0 Å². The van der Waals surface area contributed by atoms with Gasteiger partial charge >= 0.3 is 0 Å². The van der Waals surface area contributed by atoms with Crippen molar-refractivity contribution in [3.63, 3.8) is 0 Å². The zero-order chi connectivity index (χ0) is 17.3. The molecule has 0 aliphatic heterocycles. The van der Waals surface area contributed by atoms with Crippen LogP contribution in [0.25, 0.3) is 5.65 Å². The third-order valence-electron chi connectivity index (χ3n) is 3.99. The monoisotopic (exact) mass is 327 g/mol. The van der Waals surface area contributed by atoms with Gasteiger partial charge < -0.3 is 5.32 Å². The molecular weight excluding hydrogens is 302 g/mol. The standard InChI is InChI=1S/C17H25N7/c1-6-7-23-17(18-10-19-23)13(5)20-16-9-14(11(2)3)21-15-8-12(4)22-24(15)16/h8-11,13,20H,6-7H2,1-5H3/t13-/m0/s1. The van der Waals surface area contributed by atoms with Crippen LogP contribution in [0.3, 0.4) is 0 Å². The Hall–Kier alpha value is -2.44. The highest BCUT2D eigenvalue weighted by Crippen LogP contribution is 2.23. The van der Waals surface area contributed by atoms with Crippen LogP contribution in [0.1, 0.15) is 63.3 Å². The van der Waals surface area contributed by atoms with Crippen molar-refractivity contribution in [2.75, 3.05) is 5.32 Å². The molecule has 0 aromatic carbocycles. The van der Waals surface area contributed by atoms with Crippen LogP contribution in [-0.4, -0.2) is 29.4 Å². The summed E-state index contributed by atoms with van der Waals surface area (Å²) in [5.41, 5.74) is 2.86. The number of aromatic nitrogens is 6. The summed E-state index contributed by atoms with van der Waals surface area (Å²) in [6.07, 6.45) is 2.64. The van der Waals surface area contributed by atoms with Crippen molar-refractivity contribution >= 4 is 11.5 Å². The first-order valence-electron chi connectivity index (χ1n) is 8.51. The van der Waals surface area contributed by atoms with E-state index in [0.29, 0.717) is 5.92 Å². The van der Waals surface area contributed by atoms with Crippen molar-refractivity contribution in [2.45, 2.75) is 59.5 Å². The number of hydrogen-bond donors (Lipinski definition) is 1. The lowest BCUT2D eigenvalue weighted by atomic mass is 10.1. The highest BCUT2D eigenvalue weighted by atomic mass is 15.4. The smallest absolute Gasteiger partial charge is 0.157 e. The molecule has 3 aromatic rings. The molecule has 0 radical (unpaired) electrons. The highest BCUT2D eigenvalue weighted by Gasteiger charge is 2.16. The Morgan fingerprint density at radius 2 is 2.00 bits per heavy atom. The molecule has 3 rings (SSSR count). The first kappa shape index (κ1) is 16.4. The maximum atomic E-state index is 4.70. The normalized spacial score (nSPS) is 12.9. The van der Waals surface area contributed by atoms with Crippen LogP contribution in [0.4, 0.5) is 5.82 Å². The van der Waals surface area contributed by atoms with Crippen LogP contribution in [0.2, 0.25) is 0 Å². The Bertz CT molecular complexity index is 831. The van der Waals surface area contributed by atoms with E-state index in [1.807, 2.05) is 22.2 Å². The molecular formula is C17H25N7. The van der Waals surface area contributed by atoms with Gasteiger partial charge in [0, 0.05) is 24.4 Å². The van der Waals surface area contributed by atoms with Gasteiger partial charge in [0.05, 0.1) is 11.7 Å². The Morgan fingerprint density at radius 3 is 2.71 bits per heavy atom. The molecule has 0 unspecified atom stereocenters. The molecule has 1 atom stereocenters. The molecule has 7 nitrogen and oxygen atoms in total. The van der Waals surface area contributed by atoms with E-state index in [9.17, 15) is 0 Å². The number of rotatable bonds is 6. The Morgan fingerprint density at radius 1 is 1.21 bits per heavy atom. The molecule has 128 valence electrons. The fourth-order valence-electron chi connectivity index (χ4n) is 2.79. The lowest BCUT2D eigenvalue weighted by Gasteiger charge is -2.17. The topological polar surface area (TPSA) is 72.9 Å². The maximum Gasteiger partial charge on any atom is 0.157 e. The van der Waals surface area contributed by atoms with Crippen LogP contribution < -0.4 is 5.32 Å². The van der Waals surface area contributed by atoms with Crippen LogP contribution >= 0.6 is 0 Å². The van der Waals surface area contributed by atoms with E-state index in [1.165, 1.54) is 0 Å². The molecule has 0 saturated heterocycles. The molecule has 0 fully saturated rings. The molecule has 3 aromatic heterocycles. The lowest BCUT2D eigenvalue weighted by Crippen LogP contribution is -2.17. The highest BCUT2D eigenvalue weighted by molar-refractivity contribution is 5.51. The minimum atomic E-state index is 0.0224. The second-order valence-electron chi connectivity index (χ2n) is 6.48. The van der Waals surface area contributed by atoms with Crippen molar-refractivity contribution in [1.29, 1.82) is 0 Å². The molecule has 0 aliphatic carbocycles. The van der Waals surface area contributed by atoms with Crippen LogP contribution in [0.5, 0.6) is 0 Å². The number of anilines is 1. The third kappa shape index (κ3) is 3.11. The minimum absolute atomic E-state index is 0.0224. The van der Waals surface area contributed by atoms with E-state index < -0.39 is 0 Å². The van der Waals surface area contributed by atoms with E-state index in [1.54, 1.807) is 6.33 Å². The largest absolute Gasteiger partial charge is 0.360 e. The van der Waals surface area contributed by atoms with Gasteiger partial charge in [-0.05, 0) is 26.2 Å². The molecule has 0 saturated carbocycles. The third-order valence-corrected chi connectivity index (χ3v) is 3.99. The number of fused-ring (bicyclic) bond motifs is 1. The summed E-state index contributed by atoms with van der Waals surface area (Å²) in [6.45, 7) is 11.4. The van der Waals surface area contributed by atoms with Crippen molar-refractivity contribution in [1.82, 2.24) is 29.4 Å². The van der Waals surface area contributed by atoms with E-state index in [-0.39, 0.29) is 6.04 Å². The quantitative estimate of drug-likeness (QED) is 0.752. The maximum absolute atomic E-state index is 4.70. The predicted molar refractivity (Wildman–Crippen MR) is 94.2 cm³/mol. The summed E-state index contributed by atoms with van der Waals surface area (Å²) >= 11 is 0. The fraction of sp³-hybridized carbons (Fsp3) is 0.529. The predicted octanol–water partition coefficient (Wildman–Crippen LogP) is 3.34. The van der Waals surface area contributed by atoms with Crippen molar-refractivity contribution < 1.29 is 0 Å². The Kier molecular flexibility index (Phi) is 4.51. The number of hydrogen-bond acceptors (Lipinski definition) is 5. The minimum Gasteiger partial charge on any atom is -0.360 e. The lowest BCUT2D eigenvalue weighted by molar-refractivity contribution is 0.552. The zero-order valence-electron chi connectivity index (χ0n) is 15.0. The molecule has 0 amide bonds. The van der Waals surface area contributed by atoms with Gasteiger partial charge in [-0.25, -0.2) is 14.6 Å². The molecule has 1 N–H and O–H groups in total. The van der Waals surface area contributed by atoms with Gasteiger partial charge in [-0.3, -0.25) is 0 Å².